The van der Waals surface area contributed by atoms with Crippen molar-refractivity contribution in [2.75, 3.05) is 13.2 Å². The molecule has 0 rings (SSSR count). The van der Waals surface area contributed by atoms with Crippen LogP contribution < -0.4 is 5.32 Å². The Bertz CT molecular complexity index is 847. The number of ether oxygens (including phenoxy) is 1. The van der Waals surface area contributed by atoms with Crippen LogP contribution in [0.5, 0.6) is 0 Å². The minimum absolute atomic E-state index is 0.0277. The number of aliphatic hydroxyl groups excluding tert-OH is 2. The van der Waals surface area contributed by atoms with Crippen LogP contribution in [0.3, 0.4) is 0 Å². The summed E-state index contributed by atoms with van der Waals surface area (Å²) in [7, 11) is 0. The van der Waals surface area contributed by atoms with Crippen LogP contribution in [-0.4, -0.2) is 47.4 Å². The highest BCUT2D eigenvalue weighted by Gasteiger charge is 2.20. The molecule has 338 valence electrons. The Hall–Kier alpha value is -1.40. The monoisotopic (exact) mass is 806 g/mol. The van der Waals surface area contributed by atoms with Gasteiger partial charge in [-0.3, -0.25) is 9.59 Å². The largest absolute Gasteiger partial charge is 0.466 e. The van der Waals surface area contributed by atoms with Crippen molar-refractivity contribution in [3.63, 3.8) is 0 Å². The number of amides is 1. The van der Waals surface area contributed by atoms with Crippen molar-refractivity contribution in [2.24, 2.45) is 0 Å². The third-order valence-electron chi connectivity index (χ3n) is 11.8. The van der Waals surface area contributed by atoms with E-state index < -0.39 is 12.1 Å². The Morgan fingerprint density at radius 2 is 0.825 bits per heavy atom. The highest BCUT2D eigenvalue weighted by molar-refractivity contribution is 5.76. The van der Waals surface area contributed by atoms with Crippen molar-refractivity contribution in [1.82, 2.24) is 5.32 Å². The summed E-state index contributed by atoms with van der Waals surface area (Å²) in [5.41, 5.74) is 0. The number of allylic oxidation sites excluding steroid dienone is 2. The van der Waals surface area contributed by atoms with Gasteiger partial charge < -0.3 is 20.3 Å². The summed E-state index contributed by atoms with van der Waals surface area (Å²) in [5, 5.41) is 23.1. The van der Waals surface area contributed by atoms with Crippen molar-refractivity contribution in [2.45, 2.75) is 289 Å². The molecule has 0 bridgehead atoms. The first-order valence-electron chi connectivity index (χ1n) is 25.4. The highest BCUT2D eigenvalue weighted by Crippen LogP contribution is 2.16. The molecule has 0 saturated heterocycles. The normalized spacial score (nSPS) is 12.7. The zero-order valence-electron chi connectivity index (χ0n) is 38.3. The number of nitrogens with one attached hydrogen (secondary N) is 1. The summed E-state index contributed by atoms with van der Waals surface area (Å²) >= 11 is 0. The van der Waals surface area contributed by atoms with Gasteiger partial charge in [0.1, 0.15) is 0 Å². The Morgan fingerprint density at radius 3 is 1.25 bits per heavy atom. The van der Waals surface area contributed by atoms with Crippen LogP contribution in [0.4, 0.5) is 0 Å². The first-order valence-corrected chi connectivity index (χ1v) is 25.4. The van der Waals surface area contributed by atoms with E-state index in [4.69, 9.17) is 4.74 Å². The minimum Gasteiger partial charge on any atom is -0.466 e. The van der Waals surface area contributed by atoms with E-state index in [0.29, 0.717) is 25.9 Å². The maximum absolute atomic E-state index is 12.4. The van der Waals surface area contributed by atoms with Gasteiger partial charge in [0.05, 0.1) is 25.4 Å². The van der Waals surface area contributed by atoms with Gasteiger partial charge in [-0.2, -0.15) is 0 Å². The Balaban J connectivity index is 3.49. The predicted octanol–water partition coefficient (Wildman–Crippen LogP) is 15.0. The number of hydrogen-bond donors (Lipinski definition) is 3. The Morgan fingerprint density at radius 1 is 0.474 bits per heavy atom. The zero-order valence-corrected chi connectivity index (χ0v) is 38.3. The van der Waals surface area contributed by atoms with Crippen LogP contribution in [0, 0.1) is 0 Å². The maximum Gasteiger partial charge on any atom is 0.305 e. The third-order valence-corrected chi connectivity index (χ3v) is 11.8. The summed E-state index contributed by atoms with van der Waals surface area (Å²) < 4.78 is 5.44. The summed E-state index contributed by atoms with van der Waals surface area (Å²) in [6.45, 7) is 4.88. The fourth-order valence-electron chi connectivity index (χ4n) is 7.87. The fourth-order valence-corrected chi connectivity index (χ4v) is 7.87. The Kier molecular flexibility index (Phi) is 46.1. The number of rotatable bonds is 47. The molecular weight excluding hydrogens is 707 g/mol. The van der Waals surface area contributed by atoms with Gasteiger partial charge in [-0.05, 0) is 51.4 Å². The van der Waals surface area contributed by atoms with Gasteiger partial charge in [0.2, 0.25) is 5.91 Å². The molecule has 0 fully saturated rings. The van der Waals surface area contributed by atoms with Crippen LogP contribution in [0.1, 0.15) is 277 Å². The van der Waals surface area contributed by atoms with Crippen molar-refractivity contribution in [3.05, 3.63) is 12.2 Å². The van der Waals surface area contributed by atoms with Gasteiger partial charge in [0.15, 0.2) is 0 Å². The molecule has 2 unspecified atom stereocenters. The SMILES string of the molecule is CCCCCCCCCCCCCCCCCCC(=O)OCCCC/C=C\CCCCCCCC(=O)NC(CO)C(O)CCCCCCCCCCCCCCC. The second-order valence-electron chi connectivity index (χ2n) is 17.5. The lowest BCUT2D eigenvalue weighted by atomic mass is 10.0. The molecule has 6 heteroatoms. The second kappa shape index (κ2) is 47.3. The fraction of sp³-hybridized carbons (Fsp3) is 0.922. The lowest BCUT2D eigenvalue weighted by molar-refractivity contribution is -0.143. The van der Waals surface area contributed by atoms with E-state index in [9.17, 15) is 19.8 Å². The van der Waals surface area contributed by atoms with E-state index in [2.05, 4.69) is 31.3 Å². The predicted molar refractivity (Wildman–Crippen MR) is 246 cm³/mol. The van der Waals surface area contributed by atoms with E-state index in [-0.39, 0.29) is 18.5 Å². The number of carbonyl (C=O) groups excluding carboxylic acids is 2. The van der Waals surface area contributed by atoms with Crippen molar-refractivity contribution >= 4 is 11.9 Å². The Labute approximate surface area is 355 Å². The quantitative estimate of drug-likeness (QED) is 0.0323. The average Bonchev–Trinajstić information content (AvgIpc) is 3.21. The minimum atomic E-state index is -0.680. The molecule has 6 nitrogen and oxygen atoms in total. The van der Waals surface area contributed by atoms with Gasteiger partial charge in [0.25, 0.3) is 0 Å². The van der Waals surface area contributed by atoms with Gasteiger partial charge in [-0.1, -0.05) is 225 Å². The molecule has 0 aliphatic carbocycles. The molecule has 0 radical (unpaired) electrons. The first kappa shape index (κ1) is 55.6. The lowest BCUT2D eigenvalue weighted by Crippen LogP contribution is -2.45. The average molecular weight is 806 g/mol. The summed E-state index contributed by atoms with van der Waals surface area (Å²) in [6.07, 6.45) is 53.2. The number of esters is 1. The van der Waals surface area contributed by atoms with Gasteiger partial charge in [-0.15, -0.1) is 0 Å². The molecule has 0 aliphatic rings. The van der Waals surface area contributed by atoms with Crippen LogP contribution >= 0.6 is 0 Å². The second-order valence-corrected chi connectivity index (χ2v) is 17.5. The van der Waals surface area contributed by atoms with Gasteiger partial charge in [0, 0.05) is 12.8 Å². The molecule has 0 spiro atoms. The number of aliphatic hydroxyl groups is 2. The van der Waals surface area contributed by atoms with E-state index in [1.807, 2.05) is 0 Å². The molecule has 0 heterocycles. The molecule has 57 heavy (non-hydrogen) atoms. The van der Waals surface area contributed by atoms with Crippen LogP contribution in [0.25, 0.3) is 0 Å². The number of carbonyl (C=O) groups is 2. The van der Waals surface area contributed by atoms with Crippen molar-refractivity contribution in [1.29, 1.82) is 0 Å². The molecule has 2 atom stereocenters. The van der Waals surface area contributed by atoms with Crippen molar-refractivity contribution in [3.8, 4) is 0 Å². The molecule has 3 N–H and O–H groups in total. The third kappa shape index (κ3) is 44.0. The topological polar surface area (TPSA) is 95.9 Å². The van der Waals surface area contributed by atoms with Crippen molar-refractivity contribution < 1.29 is 24.5 Å². The molecule has 1 amide bonds. The lowest BCUT2D eigenvalue weighted by Gasteiger charge is -2.22. The van der Waals surface area contributed by atoms with E-state index >= 15 is 0 Å². The van der Waals surface area contributed by atoms with Crippen LogP contribution in [0.2, 0.25) is 0 Å². The highest BCUT2D eigenvalue weighted by atomic mass is 16.5. The van der Waals surface area contributed by atoms with Gasteiger partial charge in [-0.25, -0.2) is 0 Å². The van der Waals surface area contributed by atoms with E-state index in [1.54, 1.807) is 0 Å². The molecule has 0 aromatic rings. The summed E-state index contributed by atoms with van der Waals surface area (Å²) in [5.74, 6) is -0.0911. The maximum atomic E-state index is 12.4. The smallest absolute Gasteiger partial charge is 0.305 e. The molecule has 0 aliphatic heterocycles. The zero-order chi connectivity index (χ0) is 41.5. The number of hydrogen-bond acceptors (Lipinski definition) is 5. The molecule has 0 aromatic carbocycles. The molecule has 0 saturated carbocycles. The van der Waals surface area contributed by atoms with E-state index in [0.717, 1.165) is 77.0 Å². The van der Waals surface area contributed by atoms with E-state index in [1.165, 1.54) is 167 Å². The van der Waals surface area contributed by atoms with Crippen LogP contribution in [0.15, 0.2) is 12.2 Å². The number of unbranched alkanes of at least 4 members (excludes halogenated alkanes) is 34. The van der Waals surface area contributed by atoms with Gasteiger partial charge >= 0.3 is 5.97 Å². The standard InChI is InChI=1S/C51H99NO5/c1-3-5-7-9-11-13-15-17-18-19-21-25-29-33-37-41-45-51(56)57-46-42-38-34-30-26-22-24-28-32-36-40-44-50(55)52-48(47-53)49(54)43-39-35-31-27-23-20-16-14-12-10-8-6-4-2/h26,30,48-49,53-54H,3-25,27-29,31-47H2,1-2H3,(H,52,55)/b30-26-. The first-order chi connectivity index (χ1) is 28.0. The van der Waals surface area contributed by atoms with Crippen LogP contribution in [-0.2, 0) is 14.3 Å². The molecule has 0 aromatic heterocycles. The molecular formula is C51H99NO5. The summed E-state index contributed by atoms with van der Waals surface area (Å²) in [6, 6.07) is -0.560. The summed E-state index contributed by atoms with van der Waals surface area (Å²) in [4.78, 5) is 24.4.